The number of hydrogen-bond acceptors (Lipinski definition) is 6. The molecule has 0 amide bonds. The zero-order valence-corrected chi connectivity index (χ0v) is 21.6. The lowest BCUT2D eigenvalue weighted by Crippen LogP contribution is -2.69. The summed E-state index contributed by atoms with van der Waals surface area (Å²) in [5.41, 5.74) is -2.20. The van der Waals surface area contributed by atoms with Crippen LogP contribution in [0.15, 0.2) is 46.6 Å². The smallest absolute Gasteiger partial charge is 0.375 e. The lowest BCUT2D eigenvalue weighted by Gasteiger charge is -2.64. The number of rotatable bonds is 4. The van der Waals surface area contributed by atoms with Gasteiger partial charge < -0.3 is 14.3 Å². The fraction of sp³-hybridized carbons (Fsp3) is 0.593. The number of alkyl halides is 2. The molecular formula is C27H30Cl2O6. The van der Waals surface area contributed by atoms with Crippen molar-refractivity contribution in [2.24, 2.45) is 28.6 Å². The molecule has 6 nitrogen and oxygen atoms in total. The molecule has 0 aliphatic heterocycles. The number of carbonyl (C=O) groups is 3. The van der Waals surface area contributed by atoms with Gasteiger partial charge in [-0.25, -0.2) is 4.79 Å². The van der Waals surface area contributed by atoms with Gasteiger partial charge in [0.2, 0.25) is 5.76 Å². The van der Waals surface area contributed by atoms with E-state index >= 15 is 0 Å². The molecule has 8 atom stereocenters. The molecule has 3 fully saturated rings. The minimum atomic E-state index is -1.53. The summed E-state index contributed by atoms with van der Waals surface area (Å²) in [7, 11) is 0. The van der Waals surface area contributed by atoms with Gasteiger partial charge in [-0.15, -0.1) is 23.2 Å². The molecule has 1 heterocycles. The molecule has 0 saturated heterocycles. The summed E-state index contributed by atoms with van der Waals surface area (Å²) >= 11 is 13.6. The van der Waals surface area contributed by atoms with Crippen LogP contribution in [0.25, 0.3) is 0 Å². The quantitative estimate of drug-likeness (QED) is 0.449. The Morgan fingerprint density at radius 2 is 2.03 bits per heavy atom. The molecule has 4 aliphatic carbocycles. The molecule has 35 heavy (non-hydrogen) atoms. The lowest BCUT2D eigenvalue weighted by atomic mass is 9.45. The van der Waals surface area contributed by atoms with Gasteiger partial charge in [0.25, 0.3) is 0 Å². The van der Waals surface area contributed by atoms with Crippen molar-refractivity contribution in [2.45, 2.75) is 63.0 Å². The third-order valence-corrected chi connectivity index (χ3v) is 10.9. The van der Waals surface area contributed by atoms with Crippen molar-refractivity contribution in [3.8, 4) is 0 Å². The van der Waals surface area contributed by atoms with Crippen LogP contribution in [0.4, 0.5) is 0 Å². The molecule has 0 bridgehead atoms. The van der Waals surface area contributed by atoms with Crippen molar-refractivity contribution in [1.82, 2.24) is 0 Å². The highest BCUT2D eigenvalue weighted by molar-refractivity contribution is 6.29. The predicted molar refractivity (Wildman–Crippen MR) is 130 cm³/mol. The molecule has 1 N–H and O–H groups in total. The first-order valence-electron chi connectivity index (χ1n) is 12.1. The summed E-state index contributed by atoms with van der Waals surface area (Å²) in [6.07, 6.45) is 7.44. The number of allylic oxidation sites excluding steroid dienone is 4. The van der Waals surface area contributed by atoms with Gasteiger partial charge in [-0.1, -0.05) is 32.4 Å². The van der Waals surface area contributed by atoms with Crippen LogP contribution in [0.2, 0.25) is 0 Å². The molecule has 3 saturated carbocycles. The van der Waals surface area contributed by atoms with Crippen molar-refractivity contribution < 1.29 is 28.6 Å². The van der Waals surface area contributed by atoms with Gasteiger partial charge in [0.1, 0.15) is 0 Å². The Bertz CT molecular complexity index is 1140. The van der Waals surface area contributed by atoms with Crippen molar-refractivity contribution in [2.75, 3.05) is 5.88 Å². The average molecular weight is 521 g/mol. The van der Waals surface area contributed by atoms with Gasteiger partial charge >= 0.3 is 5.97 Å². The number of esters is 1. The minimum absolute atomic E-state index is 0.00557. The molecule has 5 rings (SSSR count). The van der Waals surface area contributed by atoms with Gasteiger partial charge in [-0.3, -0.25) is 9.59 Å². The molecular weight excluding hydrogens is 491 g/mol. The van der Waals surface area contributed by atoms with Gasteiger partial charge in [0.05, 0.1) is 23.1 Å². The Morgan fingerprint density at radius 3 is 2.69 bits per heavy atom. The fourth-order valence-electron chi connectivity index (χ4n) is 8.09. The van der Waals surface area contributed by atoms with Crippen LogP contribution in [0.5, 0.6) is 0 Å². The van der Waals surface area contributed by atoms with E-state index in [1.54, 1.807) is 12.1 Å². The predicted octanol–water partition coefficient (Wildman–Crippen LogP) is 4.87. The van der Waals surface area contributed by atoms with E-state index < -0.39 is 33.4 Å². The Hall–Kier alpha value is -1.89. The van der Waals surface area contributed by atoms with Crippen LogP contribution in [0, 0.1) is 28.6 Å². The number of aliphatic hydroxyl groups is 1. The first-order valence-corrected chi connectivity index (χ1v) is 13.0. The maximum Gasteiger partial charge on any atom is 0.375 e. The van der Waals surface area contributed by atoms with Crippen molar-refractivity contribution in [1.29, 1.82) is 0 Å². The first-order chi connectivity index (χ1) is 16.5. The number of Topliss-reactive ketones (excluding diaryl/α,β-unsaturated/α-hetero) is 1. The molecule has 0 aromatic carbocycles. The van der Waals surface area contributed by atoms with Gasteiger partial charge in [-0.2, -0.15) is 0 Å². The number of fused-ring (bicyclic) bond motifs is 5. The number of ether oxygens (including phenoxy) is 1. The summed E-state index contributed by atoms with van der Waals surface area (Å²) in [5.74, 6) is -2.12. The maximum atomic E-state index is 13.6. The number of ketones is 2. The van der Waals surface area contributed by atoms with E-state index in [4.69, 9.17) is 32.4 Å². The SMILES string of the molecule is C[C@@H]1CC2C3CCC4=CC(=O)C=CC4(C)[C@@]3(Cl)C(O)CC2(C)[C@@]1(OC(=O)c1ccco1)C(=O)CCl. The van der Waals surface area contributed by atoms with E-state index in [2.05, 4.69) is 0 Å². The highest BCUT2D eigenvalue weighted by Gasteiger charge is 2.76. The Morgan fingerprint density at radius 1 is 1.29 bits per heavy atom. The Kier molecular flexibility index (Phi) is 5.71. The summed E-state index contributed by atoms with van der Waals surface area (Å²) in [5, 5.41) is 11.8. The zero-order valence-electron chi connectivity index (χ0n) is 20.1. The number of halogens is 2. The largest absolute Gasteiger partial charge is 0.457 e. The second-order valence-electron chi connectivity index (χ2n) is 11.1. The maximum absolute atomic E-state index is 13.6. The van der Waals surface area contributed by atoms with Crippen molar-refractivity contribution >= 4 is 40.7 Å². The molecule has 8 heteroatoms. The van der Waals surface area contributed by atoms with Crippen LogP contribution < -0.4 is 0 Å². The van der Waals surface area contributed by atoms with Crippen LogP contribution in [0.1, 0.15) is 57.0 Å². The standard InChI is InChI=1S/C27H30Cl2O6/c1-15-11-19-18-7-6-16-12-17(30)8-9-24(16,2)26(18,29)21(31)13-25(19,3)27(15,22(32)14-28)35-23(33)20-5-4-10-34-20/h4-5,8-10,12,15,18-19,21,31H,6-7,11,13-14H2,1-3H3/t15-,18?,19?,21?,24?,25?,26+,27+/m1/s1. The van der Waals surface area contributed by atoms with Crippen LogP contribution in [0.3, 0.4) is 0 Å². The highest BCUT2D eigenvalue weighted by Crippen LogP contribution is 2.72. The molecule has 5 unspecified atom stereocenters. The van der Waals surface area contributed by atoms with E-state index in [1.807, 2.05) is 26.8 Å². The monoisotopic (exact) mass is 520 g/mol. The van der Waals surface area contributed by atoms with Gasteiger partial charge in [0, 0.05) is 16.7 Å². The third-order valence-electron chi connectivity index (χ3n) is 9.69. The van der Waals surface area contributed by atoms with Crippen LogP contribution in [-0.4, -0.2) is 45.1 Å². The van der Waals surface area contributed by atoms with E-state index in [-0.39, 0.29) is 47.4 Å². The summed E-state index contributed by atoms with van der Waals surface area (Å²) < 4.78 is 11.3. The number of carbonyl (C=O) groups excluding carboxylic acids is 3. The van der Waals surface area contributed by atoms with Crippen molar-refractivity contribution in [3.63, 3.8) is 0 Å². The molecule has 188 valence electrons. The summed E-state index contributed by atoms with van der Waals surface area (Å²) in [6, 6.07) is 3.07. The number of furan rings is 1. The second-order valence-corrected chi connectivity index (χ2v) is 12.0. The highest BCUT2D eigenvalue weighted by atomic mass is 35.5. The van der Waals surface area contributed by atoms with Crippen LogP contribution in [-0.2, 0) is 14.3 Å². The van der Waals surface area contributed by atoms with E-state index in [0.717, 1.165) is 5.57 Å². The van der Waals surface area contributed by atoms with Crippen molar-refractivity contribution in [3.05, 3.63) is 48.0 Å². The fourth-order valence-corrected chi connectivity index (χ4v) is 8.81. The molecule has 0 radical (unpaired) electrons. The summed E-state index contributed by atoms with van der Waals surface area (Å²) in [4.78, 5) is 37.7. The molecule has 1 aromatic heterocycles. The van der Waals surface area contributed by atoms with E-state index in [0.29, 0.717) is 19.3 Å². The second kappa shape index (κ2) is 8.06. The third kappa shape index (κ3) is 3.02. The average Bonchev–Trinajstić information content (AvgIpc) is 3.42. The Labute approximate surface area is 214 Å². The van der Waals surface area contributed by atoms with Crippen LogP contribution >= 0.6 is 23.2 Å². The molecule has 1 aromatic rings. The Balaban J connectivity index is 1.61. The topological polar surface area (TPSA) is 93.8 Å². The molecule has 0 spiro atoms. The first kappa shape index (κ1) is 24.8. The summed E-state index contributed by atoms with van der Waals surface area (Å²) in [6.45, 7) is 5.81. The lowest BCUT2D eigenvalue weighted by molar-refractivity contribution is -0.177. The van der Waals surface area contributed by atoms with Gasteiger partial charge in [-0.05, 0) is 61.8 Å². The normalized spacial score (nSPS) is 44.2. The van der Waals surface area contributed by atoms with E-state index in [1.165, 1.54) is 18.4 Å². The molecule has 4 aliphatic rings. The van der Waals surface area contributed by atoms with Gasteiger partial charge in [0.15, 0.2) is 17.2 Å². The number of aliphatic hydroxyl groups excluding tert-OH is 1. The number of hydrogen-bond donors (Lipinski definition) is 1. The zero-order chi connectivity index (χ0) is 25.4. The minimum Gasteiger partial charge on any atom is -0.457 e. The van der Waals surface area contributed by atoms with E-state index in [9.17, 15) is 19.5 Å².